The maximum absolute atomic E-state index is 12.0. The molecule has 2 rings (SSSR count). The van der Waals surface area contributed by atoms with Crippen LogP contribution in [-0.4, -0.2) is 97.0 Å². The molecule has 1 fully saturated rings. The van der Waals surface area contributed by atoms with Crippen LogP contribution >= 0.6 is 11.8 Å². The normalized spacial score (nSPS) is 28.4. The third kappa shape index (κ3) is 8.34. The Morgan fingerprint density at radius 1 is 1.15 bits per heavy atom. The number of amides is 1. The number of benzene rings is 1. The summed E-state index contributed by atoms with van der Waals surface area (Å²) in [4.78, 5) is 12.0. The van der Waals surface area contributed by atoms with Crippen LogP contribution in [0.4, 0.5) is 0 Å². The molecule has 9 nitrogen and oxygen atoms in total. The first-order chi connectivity index (χ1) is 15.8. The molecule has 0 saturated carbocycles. The molecule has 7 N–H and O–H groups in total. The lowest BCUT2D eigenvalue weighted by atomic mass is 10.0. The second-order valence-electron chi connectivity index (χ2n) is 8.01. The molecular formula is C23H35NO8S. The van der Waals surface area contributed by atoms with Gasteiger partial charge in [-0.15, -0.1) is 11.8 Å². The number of carbonyl (C=O) groups is 1. The summed E-state index contributed by atoms with van der Waals surface area (Å²) in [5, 5.41) is 63.2. The van der Waals surface area contributed by atoms with E-state index in [4.69, 9.17) is 4.74 Å². The third-order valence-corrected chi connectivity index (χ3v) is 6.77. The van der Waals surface area contributed by atoms with Crippen molar-refractivity contribution in [3.63, 3.8) is 0 Å². The molecule has 1 heterocycles. The summed E-state index contributed by atoms with van der Waals surface area (Å²) in [6.07, 6.45) is -3.04. The van der Waals surface area contributed by atoms with Gasteiger partial charge in [-0.3, -0.25) is 4.79 Å². The van der Waals surface area contributed by atoms with Crippen molar-refractivity contribution < 1.29 is 40.2 Å². The van der Waals surface area contributed by atoms with Gasteiger partial charge in [-0.1, -0.05) is 49.4 Å². The van der Waals surface area contributed by atoms with Crippen LogP contribution in [0.3, 0.4) is 0 Å². The third-order valence-electron chi connectivity index (χ3n) is 5.50. The number of nitrogens with one attached hydrogen (secondary N) is 1. The molecular weight excluding hydrogens is 450 g/mol. The number of thioether (sulfide) groups is 1. The minimum atomic E-state index is -1.51. The fraction of sp³-hybridized carbons (Fsp3) is 0.609. The molecule has 1 aliphatic rings. The van der Waals surface area contributed by atoms with E-state index in [0.29, 0.717) is 6.42 Å². The molecule has 1 amide bonds. The predicted octanol–water partition coefficient (Wildman–Crippen LogP) is -0.370. The molecule has 0 aromatic heterocycles. The minimum absolute atomic E-state index is 0.0620. The zero-order valence-electron chi connectivity index (χ0n) is 18.6. The quantitative estimate of drug-likeness (QED) is 0.210. The molecule has 10 heteroatoms. The largest absolute Gasteiger partial charge is 0.394 e. The molecule has 1 aromatic carbocycles. The van der Waals surface area contributed by atoms with Crippen molar-refractivity contribution >= 4 is 23.7 Å². The molecule has 1 aromatic rings. The zero-order valence-corrected chi connectivity index (χ0v) is 19.4. The van der Waals surface area contributed by atoms with Crippen LogP contribution in [0.25, 0.3) is 6.08 Å². The molecule has 8 unspecified atom stereocenters. The van der Waals surface area contributed by atoms with E-state index < -0.39 is 54.7 Å². The highest BCUT2D eigenvalue weighted by Crippen LogP contribution is 2.29. The van der Waals surface area contributed by atoms with Gasteiger partial charge in [-0.2, -0.15) is 0 Å². The number of aliphatic hydroxyl groups is 6. The second kappa shape index (κ2) is 14.0. The van der Waals surface area contributed by atoms with E-state index in [1.54, 1.807) is 6.92 Å². The van der Waals surface area contributed by atoms with Crippen molar-refractivity contribution in [3.8, 4) is 0 Å². The van der Waals surface area contributed by atoms with Crippen molar-refractivity contribution in [2.45, 2.75) is 74.3 Å². The van der Waals surface area contributed by atoms with Gasteiger partial charge in [-0.05, 0) is 18.4 Å². The molecule has 0 aliphatic carbocycles. The van der Waals surface area contributed by atoms with Gasteiger partial charge in [0.1, 0.15) is 36.0 Å². The van der Waals surface area contributed by atoms with Crippen molar-refractivity contribution in [3.05, 3.63) is 42.0 Å². The van der Waals surface area contributed by atoms with Crippen molar-refractivity contribution in [1.82, 2.24) is 5.32 Å². The van der Waals surface area contributed by atoms with Gasteiger partial charge in [0.05, 0.1) is 18.8 Å². The van der Waals surface area contributed by atoms with E-state index >= 15 is 0 Å². The predicted molar refractivity (Wildman–Crippen MR) is 125 cm³/mol. The highest BCUT2D eigenvalue weighted by Gasteiger charge is 2.44. The highest BCUT2D eigenvalue weighted by atomic mass is 32.2. The van der Waals surface area contributed by atoms with E-state index in [1.165, 1.54) is 0 Å². The molecule has 8 atom stereocenters. The number of carbonyl (C=O) groups excluding carboxylic acids is 1. The van der Waals surface area contributed by atoms with Gasteiger partial charge < -0.3 is 40.7 Å². The molecule has 0 spiro atoms. The minimum Gasteiger partial charge on any atom is -0.394 e. The van der Waals surface area contributed by atoms with Crippen LogP contribution in [0.5, 0.6) is 0 Å². The van der Waals surface area contributed by atoms with Crippen LogP contribution in [-0.2, 0) is 9.53 Å². The maximum atomic E-state index is 12.0. The Morgan fingerprint density at radius 3 is 2.48 bits per heavy atom. The van der Waals surface area contributed by atoms with Crippen molar-refractivity contribution in [1.29, 1.82) is 0 Å². The van der Waals surface area contributed by atoms with Gasteiger partial charge in [0.15, 0.2) is 0 Å². The highest BCUT2D eigenvalue weighted by molar-refractivity contribution is 7.99. The first-order valence-corrected chi connectivity index (χ1v) is 12.1. The van der Waals surface area contributed by atoms with Gasteiger partial charge in [0, 0.05) is 12.2 Å². The molecule has 0 radical (unpaired) electrons. The Balaban J connectivity index is 1.94. The topological polar surface area (TPSA) is 160 Å². The number of aliphatic hydroxyl groups excluding tert-OH is 6. The smallest absolute Gasteiger partial charge is 0.220 e. The Morgan fingerprint density at radius 2 is 1.85 bits per heavy atom. The number of hydrogen-bond acceptors (Lipinski definition) is 9. The lowest BCUT2D eigenvalue weighted by Gasteiger charge is -2.40. The van der Waals surface area contributed by atoms with E-state index in [-0.39, 0.29) is 24.5 Å². The van der Waals surface area contributed by atoms with Gasteiger partial charge in [-0.25, -0.2) is 0 Å². The molecule has 33 heavy (non-hydrogen) atoms. The van der Waals surface area contributed by atoms with Crippen LogP contribution in [0.2, 0.25) is 0 Å². The van der Waals surface area contributed by atoms with Crippen LogP contribution < -0.4 is 5.32 Å². The number of hydrogen-bond donors (Lipinski definition) is 7. The van der Waals surface area contributed by atoms with Crippen LogP contribution in [0.1, 0.15) is 31.7 Å². The fourth-order valence-electron chi connectivity index (χ4n) is 3.43. The summed E-state index contributed by atoms with van der Waals surface area (Å²) in [6, 6.07) is 8.83. The van der Waals surface area contributed by atoms with Gasteiger partial charge in [0.25, 0.3) is 0 Å². The van der Waals surface area contributed by atoms with Crippen molar-refractivity contribution in [2.75, 3.05) is 12.4 Å². The van der Waals surface area contributed by atoms with E-state index in [0.717, 1.165) is 17.3 Å². The van der Waals surface area contributed by atoms with E-state index in [1.807, 2.05) is 42.5 Å². The van der Waals surface area contributed by atoms with E-state index in [9.17, 15) is 35.4 Å². The molecule has 0 bridgehead atoms. The lowest BCUT2D eigenvalue weighted by Crippen LogP contribution is -2.58. The van der Waals surface area contributed by atoms with E-state index in [2.05, 4.69) is 5.32 Å². The number of allylic oxidation sites excluding steroid dienone is 1. The zero-order chi connectivity index (χ0) is 24.4. The second-order valence-corrected chi connectivity index (χ2v) is 9.14. The van der Waals surface area contributed by atoms with Crippen LogP contribution in [0.15, 0.2) is 36.4 Å². The monoisotopic (exact) mass is 485 g/mol. The summed E-state index contributed by atoms with van der Waals surface area (Å²) >= 11 is 1.01. The Hall–Kier alpha value is -1.50. The first kappa shape index (κ1) is 27.7. The maximum Gasteiger partial charge on any atom is 0.220 e. The summed E-state index contributed by atoms with van der Waals surface area (Å²) < 4.78 is 5.46. The Kier molecular flexibility index (Phi) is 11.8. The van der Waals surface area contributed by atoms with Gasteiger partial charge >= 0.3 is 0 Å². The summed E-state index contributed by atoms with van der Waals surface area (Å²) in [5.74, 6) is -0.253. The Bertz CT molecular complexity index is 734. The number of ether oxygens (including phenoxy) is 1. The first-order valence-electron chi connectivity index (χ1n) is 11.1. The number of rotatable bonds is 12. The summed E-state index contributed by atoms with van der Waals surface area (Å²) in [5.41, 5.74) is 0.0243. The average Bonchev–Trinajstić information content (AvgIpc) is 2.83. The SMILES string of the molecule is CCC(=O)NC(CSC1OC(CO)C(O)C(O)C1O)C(O)C(O)CCC=Cc1ccccc1. The molecule has 1 aliphatic heterocycles. The van der Waals surface area contributed by atoms with Gasteiger partial charge in [0.2, 0.25) is 5.91 Å². The van der Waals surface area contributed by atoms with Crippen LogP contribution in [0, 0.1) is 0 Å². The summed E-state index contributed by atoms with van der Waals surface area (Å²) in [7, 11) is 0. The fourth-order valence-corrected chi connectivity index (χ4v) is 4.68. The molecule has 1 saturated heterocycles. The molecule has 186 valence electrons. The average molecular weight is 486 g/mol. The lowest BCUT2D eigenvalue weighted by molar-refractivity contribution is -0.205. The summed E-state index contributed by atoms with van der Waals surface area (Å²) in [6.45, 7) is 1.12. The Labute approximate surface area is 198 Å². The van der Waals surface area contributed by atoms with Crippen molar-refractivity contribution in [2.24, 2.45) is 0 Å². The standard InChI is InChI=1S/C23H35NO8S/c1-2-18(27)24-15(13-33-23-22(31)21(30)20(29)17(12-25)32-23)19(28)16(26)11-7-6-10-14-8-4-3-5-9-14/h3-6,8-10,15-17,19-23,25-26,28-31H,2,7,11-13H2,1H3,(H,24,27).